The Labute approximate surface area is 170 Å². The number of hydrogen-bond acceptors (Lipinski definition) is 5. The fourth-order valence-corrected chi connectivity index (χ4v) is 4.40. The first kappa shape index (κ1) is 18.8. The van der Waals surface area contributed by atoms with Gasteiger partial charge in [0.1, 0.15) is 28.7 Å². The van der Waals surface area contributed by atoms with Gasteiger partial charge in [0.2, 0.25) is 0 Å². The van der Waals surface area contributed by atoms with E-state index in [0.29, 0.717) is 0 Å². The number of piperazine rings is 1. The van der Waals surface area contributed by atoms with Gasteiger partial charge in [-0.05, 0) is 36.4 Å². The number of methoxy groups -OCH3 is 2. The lowest BCUT2D eigenvalue weighted by Crippen LogP contribution is -3.13. The van der Waals surface area contributed by atoms with Crippen molar-refractivity contribution in [2.24, 2.45) is 0 Å². The fourth-order valence-electron chi connectivity index (χ4n) is 3.58. The number of hydrogen-bond donors (Lipinski definition) is 1. The molecule has 2 heterocycles. The van der Waals surface area contributed by atoms with Crippen LogP contribution in [0.25, 0.3) is 10.6 Å². The van der Waals surface area contributed by atoms with Crippen molar-refractivity contribution < 1.29 is 14.4 Å². The molecule has 2 aromatic carbocycles. The van der Waals surface area contributed by atoms with Gasteiger partial charge in [-0.3, -0.25) is 0 Å². The normalized spacial score (nSPS) is 14.9. The van der Waals surface area contributed by atoms with Gasteiger partial charge in [0.05, 0.1) is 40.4 Å². The second kappa shape index (κ2) is 8.63. The van der Waals surface area contributed by atoms with E-state index in [-0.39, 0.29) is 0 Å². The van der Waals surface area contributed by atoms with Crippen LogP contribution in [0.2, 0.25) is 0 Å². The Balaban J connectivity index is 1.34. The van der Waals surface area contributed by atoms with Crippen LogP contribution in [-0.2, 0) is 6.54 Å². The SMILES string of the molecule is COc1ccc(-c2nc(C[NH+]3CCN(c4cccc(OC)c4)CC3)cs2)cc1. The van der Waals surface area contributed by atoms with Gasteiger partial charge in [-0.15, -0.1) is 11.3 Å². The van der Waals surface area contributed by atoms with E-state index in [0.717, 1.165) is 54.8 Å². The zero-order valence-corrected chi connectivity index (χ0v) is 17.2. The van der Waals surface area contributed by atoms with Crippen LogP contribution in [0.3, 0.4) is 0 Å². The molecule has 0 radical (unpaired) electrons. The minimum atomic E-state index is 0.874. The summed E-state index contributed by atoms with van der Waals surface area (Å²) >= 11 is 1.72. The van der Waals surface area contributed by atoms with Crippen LogP contribution in [0.5, 0.6) is 11.5 Å². The molecular weight excluding hydrogens is 370 g/mol. The number of aromatic nitrogens is 1. The first-order valence-corrected chi connectivity index (χ1v) is 10.4. The average Bonchev–Trinajstić information content (AvgIpc) is 3.23. The van der Waals surface area contributed by atoms with Crippen LogP contribution in [0.1, 0.15) is 5.69 Å². The summed E-state index contributed by atoms with van der Waals surface area (Å²) < 4.78 is 10.6. The highest BCUT2D eigenvalue weighted by Gasteiger charge is 2.21. The molecule has 1 fully saturated rings. The average molecular weight is 397 g/mol. The molecule has 1 aliphatic heterocycles. The third-order valence-corrected chi connectivity index (χ3v) is 6.15. The number of nitrogens with one attached hydrogen (secondary N) is 1. The summed E-state index contributed by atoms with van der Waals surface area (Å²) in [5.41, 5.74) is 3.57. The molecule has 6 heteroatoms. The topological polar surface area (TPSA) is 39.0 Å². The Morgan fingerprint density at radius 1 is 1.00 bits per heavy atom. The van der Waals surface area contributed by atoms with Gasteiger partial charge in [-0.2, -0.15) is 0 Å². The first-order valence-electron chi connectivity index (χ1n) is 9.56. The molecule has 0 unspecified atom stereocenters. The summed E-state index contributed by atoms with van der Waals surface area (Å²) in [5, 5.41) is 3.27. The molecule has 0 bridgehead atoms. The number of anilines is 1. The number of ether oxygens (including phenoxy) is 2. The summed E-state index contributed by atoms with van der Waals surface area (Å²) in [7, 11) is 3.41. The second-order valence-electron chi connectivity index (χ2n) is 6.99. The Hall–Kier alpha value is -2.57. The van der Waals surface area contributed by atoms with Crippen molar-refractivity contribution in [1.82, 2.24) is 4.98 Å². The maximum atomic E-state index is 5.35. The number of rotatable bonds is 6. The smallest absolute Gasteiger partial charge is 0.123 e. The largest absolute Gasteiger partial charge is 0.497 e. The van der Waals surface area contributed by atoms with E-state index >= 15 is 0 Å². The summed E-state index contributed by atoms with van der Waals surface area (Å²) in [5.74, 6) is 1.79. The van der Waals surface area contributed by atoms with E-state index in [2.05, 4.69) is 40.6 Å². The lowest BCUT2D eigenvalue weighted by atomic mass is 10.2. The van der Waals surface area contributed by atoms with Crippen molar-refractivity contribution in [3.63, 3.8) is 0 Å². The van der Waals surface area contributed by atoms with E-state index in [4.69, 9.17) is 14.5 Å². The third kappa shape index (κ3) is 4.29. The predicted molar refractivity (Wildman–Crippen MR) is 114 cm³/mol. The van der Waals surface area contributed by atoms with E-state index in [1.165, 1.54) is 11.4 Å². The van der Waals surface area contributed by atoms with E-state index < -0.39 is 0 Å². The lowest BCUT2D eigenvalue weighted by molar-refractivity contribution is -0.914. The van der Waals surface area contributed by atoms with Gasteiger partial charge in [0.15, 0.2) is 0 Å². The molecule has 0 spiro atoms. The minimum Gasteiger partial charge on any atom is -0.497 e. The number of benzene rings is 2. The first-order chi connectivity index (χ1) is 13.7. The van der Waals surface area contributed by atoms with Crippen molar-refractivity contribution in [3.8, 4) is 22.1 Å². The highest BCUT2D eigenvalue weighted by molar-refractivity contribution is 7.13. The van der Waals surface area contributed by atoms with Gasteiger partial charge in [-0.1, -0.05) is 6.07 Å². The summed E-state index contributed by atoms with van der Waals surface area (Å²) in [6.45, 7) is 5.33. The van der Waals surface area contributed by atoms with Crippen molar-refractivity contribution in [2.75, 3.05) is 45.3 Å². The van der Waals surface area contributed by atoms with E-state index in [9.17, 15) is 0 Å². The molecule has 1 aromatic heterocycles. The Kier molecular flexibility index (Phi) is 5.78. The lowest BCUT2D eigenvalue weighted by Gasteiger charge is -2.33. The van der Waals surface area contributed by atoms with Crippen molar-refractivity contribution in [1.29, 1.82) is 0 Å². The number of nitrogens with zero attached hydrogens (tertiary/aromatic N) is 2. The highest BCUT2D eigenvalue weighted by atomic mass is 32.1. The molecule has 1 aliphatic rings. The van der Waals surface area contributed by atoms with E-state index in [1.807, 2.05) is 18.2 Å². The number of thiazole rings is 1. The third-order valence-electron chi connectivity index (χ3n) is 5.21. The number of quaternary nitrogens is 1. The molecule has 0 aliphatic carbocycles. The standard InChI is InChI=1S/C22H25N3O2S/c1-26-20-8-6-17(7-9-20)22-23-18(16-28-22)15-24-10-12-25(13-11-24)19-4-3-5-21(14-19)27-2/h3-9,14,16H,10-13,15H2,1-2H3/p+1. The summed E-state index contributed by atoms with van der Waals surface area (Å²) in [6.07, 6.45) is 0. The zero-order chi connectivity index (χ0) is 19.3. The minimum absolute atomic E-state index is 0.874. The molecule has 28 heavy (non-hydrogen) atoms. The molecule has 0 saturated carbocycles. The molecule has 4 rings (SSSR count). The maximum absolute atomic E-state index is 5.35. The van der Waals surface area contributed by atoms with Crippen molar-refractivity contribution in [2.45, 2.75) is 6.54 Å². The second-order valence-corrected chi connectivity index (χ2v) is 7.85. The van der Waals surface area contributed by atoms with Crippen LogP contribution >= 0.6 is 11.3 Å². The zero-order valence-electron chi connectivity index (χ0n) is 16.4. The molecule has 146 valence electrons. The van der Waals surface area contributed by atoms with Crippen molar-refractivity contribution >= 4 is 17.0 Å². The van der Waals surface area contributed by atoms with E-state index in [1.54, 1.807) is 30.5 Å². The van der Waals surface area contributed by atoms with Gasteiger partial charge in [0.25, 0.3) is 0 Å². The van der Waals surface area contributed by atoms with Crippen LogP contribution in [0.4, 0.5) is 5.69 Å². The molecule has 1 saturated heterocycles. The Morgan fingerprint density at radius 2 is 1.75 bits per heavy atom. The quantitative estimate of drug-likeness (QED) is 0.695. The van der Waals surface area contributed by atoms with Crippen LogP contribution < -0.4 is 19.3 Å². The molecule has 5 nitrogen and oxygen atoms in total. The molecule has 3 aromatic rings. The predicted octanol–water partition coefficient (Wildman–Crippen LogP) is 2.73. The Morgan fingerprint density at radius 3 is 2.46 bits per heavy atom. The van der Waals surface area contributed by atoms with Gasteiger partial charge in [-0.25, -0.2) is 4.98 Å². The highest BCUT2D eigenvalue weighted by Crippen LogP contribution is 2.25. The Bertz CT molecular complexity index is 902. The van der Waals surface area contributed by atoms with Crippen LogP contribution in [0.15, 0.2) is 53.9 Å². The fraction of sp³-hybridized carbons (Fsp3) is 0.318. The molecule has 1 N–H and O–H groups in total. The monoisotopic (exact) mass is 396 g/mol. The summed E-state index contributed by atoms with van der Waals surface area (Å²) in [6, 6.07) is 16.4. The van der Waals surface area contributed by atoms with Crippen molar-refractivity contribution in [3.05, 3.63) is 59.6 Å². The summed E-state index contributed by atoms with van der Waals surface area (Å²) in [4.78, 5) is 8.89. The molecule has 0 atom stereocenters. The maximum Gasteiger partial charge on any atom is 0.123 e. The van der Waals surface area contributed by atoms with Gasteiger partial charge >= 0.3 is 0 Å². The van der Waals surface area contributed by atoms with Gasteiger partial charge in [0, 0.05) is 22.7 Å². The molecule has 0 amide bonds. The van der Waals surface area contributed by atoms with Crippen LogP contribution in [-0.4, -0.2) is 45.4 Å². The van der Waals surface area contributed by atoms with Gasteiger partial charge < -0.3 is 19.3 Å². The van der Waals surface area contributed by atoms with Crippen LogP contribution in [0, 0.1) is 0 Å². The molecular formula is C22H26N3O2S+.